The smallest absolute Gasteiger partial charge is 0.311 e. The zero-order chi connectivity index (χ0) is 17.5. The Kier molecular flexibility index (Phi) is 4.42. The first-order valence-corrected chi connectivity index (χ1v) is 8.35. The van der Waals surface area contributed by atoms with Gasteiger partial charge in [0.2, 0.25) is 0 Å². The lowest BCUT2D eigenvalue weighted by molar-refractivity contribution is -0.150. The summed E-state index contributed by atoms with van der Waals surface area (Å²) in [7, 11) is 0. The van der Waals surface area contributed by atoms with Gasteiger partial charge in [0.25, 0.3) is 5.91 Å². The second kappa shape index (κ2) is 6.24. The summed E-state index contributed by atoms with van der Waals surface area (Å²) >= 11 is 5.91. The SMILES string of the molecule is CC(Oc1ccc(F)cc1Cl)C(=O)N1C[C@@H]2CCC[C@@]2(C(=O)O)C1. The van der Waals surface area contributed by atoms with Crippen molar-refractivity contribution in [2.24, 2.45) is 11.3 Å². The van der Waals surface area contributed by atoms with E-state index in [-0.39, 0.29) is 29.1 Å². The van der Waals surface area contributed by atoms with Crippen molar-refractivity contribution in [3.05, 3.63) is 29.0 Å². The second-order valence-electron chi connectivity index (χ2n) is 6.60. The summed E-state index contributed by atoms with van der Waals surface area (Å²) in [6, 6.07) is 3.70. The predicted octanol–water partition coefficient (Wildman–Crippen LogP) is 2.96. The molecule has 0 aromatic heterocycles. The molecule has 3 rings (SSSR count). The molecule has 1 aromatic rings. The van der Waals surface area contributed by atoms with Crippen molar-refractivity contribution in [3.63, 3.8) is 0 Å². The Labute approximate surface area is 144 Å². The summed E-state index contributed by atoms with van der Waals surface area (Å²) < 4.78 is 18.6. The fourth-order valence-corrected chi connectivity index (χ4v) is 4.09. The highest BCUT2D eigenvalue weighted by atomic mass is 35.5. The van der Waals surface area contributed by atoms with Gasteiger partial charge >= 0.3 is 5.97 Å². The fraction of sp³-hybridized carbons (Fsp3) is 0.529. The molecule has 0 spiro atoms. The molecule has 3 atom stereocenters. The monoisotopic (exact) mass is 355 g/mol. The fourth-order valence-electron chi connectivity index (χ4n) is 3.88. The third-order valence-corrected chi connectivity index (χ3v) is 5.45. The van der Waals surface area contributed by atoms with Gasteiger partial charge < -0.3 is 14.7 Å². The molecule has 0 bridgehead atoms. The number of ether oxygens (including phenoxy) is 1. The number of hydrogen-bond acceptors (Lipinski definition) is 3. The quantitative estimate of drug-likeness (QED) is 0.901. The van der Waals surface area contributed by atoms with Gasteiger partial charge in [-0.05, 0) is 43.9 Å². The maximum absolute atomic E-state index is 13.1. The Morgan fingerprint density at radius 3 is 2.88 bits per heavy atom. The predicted molar refractivity (Wildman–Crippen MR) is 85.5 cm³/mol. The van der Waals surface area contributed by atoms with Crippen LogP contribution < -0.4 is 4.74 Å². The van der Waals surface area contributed by atoms with Crippen molar-refractivity contribution < 1.29 is 23.8 Å². The van der Waals surface area contributed by atoms with Gasteiger partial charge in [-0.2, -0.15) is 0 Å². The van der Waals surface area contributed by atoms with Gasteiger partial charge in [0, 0.05) is 13.1 Å². The minimum atomic E-state index is -0.824. The highest BCUT2D eigenvalue weighted by Gasteiger charge is 2.56. The summed E-state index contributed by atoms with van der Waals surface area (Å²) in [5.41, 5.74) is -0.817. The summed E-state index contributed by atoms with van der Waals surface area (Å²) in [4.78, 5) is 25.9. The number of carbonyl (C=O) groups is 2. The molecule has 5 nitrogen and oxygen atoms in total. The number of amides is 1. The molecule has 1 heterocycles. The van der Waals surface area contributed by atoms with Gasteiger partial charge in [-0.15, -0.1) is 0 Å². The zero-order valence-corrected chi connectivity index (χ0v) is 14.1. The van der Waals surface area contributed by atoms with E-state index in [9.17, 15) is 19.1 Å². The Hall–Kier alpha value is -1.82. The molecule has 130 valence electrons. The van der Waals surface area contributed by atoms with Gasteiger partial charge in [0.05, 0.1) is 10.4 Å². The van der Waals surface area contributed by atoms with Crippen LogP contribution in [0, 0.1) is 17.2 Å². The number of rotatable bonds is 4. The van der Waals surface area contributed by atoms with Crippen LogP contribution in [0.15, 0.2) is 18.2 Å². The van der Waals surface area contributed by atoms with E-state index in [0.717, 1.165) is 18.9 Å². The number of carboxylic acids is 1. The summed E-state index contributed by atoms with van der Waals surface area (Å²) in [5, 5.41) is 9.68. The van der Waals surface area contributed by atoms with Crippen LogP contribution in [0.3, 0.4) is 0 Å². The van der Waals surface area contributed by atoms with Crippen LogP contribution in [-0.2, 0) is 9.59 Å². The number of likely N-dealkylation sites (tertiary alicyclic amines) is 1. The Morgan fingerprint density at radius 1 is 1.50 bits per heavy atom. The lowest BCUT2D eigenvalue weighted by atomic mass is 9.81. The first-order valence-electron chi connectivity index (χ1n) is 7.97. The normalized spacial score (nSPS) is 27.0. The van der Waals surface area contributed by atoms with E-state index in [1.807, 2.05) is 0 Å². The van der Waals surface area contributed by atoms with E-state index < -0.39 is 23.3 Å². The number of carboxylic acid groups (broad SMARTS) is 1. The Bertz CT molecular complexity index is 683. The maximum atomic E-state index is 13.1. The van der Waals surface area contributed by atoms with E-state index >= 15 is 0 Å². The van der Waals surface area contributed by atoms with Crippen LogP contribution in [0.25, 0.3) is 0 Å². The molecule has 1 saturated heterocycles. The van der Waals surface area contributed by atoms with Gasteiger partial charge in [-0.25, -0.2) is 4.39 Å². The van der Waals surface area contributed by atoms with Crippen molar-refractivity contribution in [2.45, 2.75) is 32.3 Å². The molecule has 7 heteroatoms. The van der Waals surface area contributed by atoms with E-state index in [1.54, 1.807) is 11.8 Å². The van der Waals surface area contributed by atoms with Crippen LogP contribution in [0.1, 0.15) is 26.2 Å². The lowest BCUT2D eigenvalue weighted by Gasteiger charge is -2.25. The zero-order valence-electron chi connectivity index (χ0n) is 13.3. The minimum Gasteiger partial charge on any atom is -0.481 e. The van der Waals surface area contributed by atoms with Gasteiger partial charge in [-0.1, -0.05) is 18.0 Å². The third kappa shape index (κ3) is 2.83. The van der Waals surface area contributed by atoms with E-state index in [0.29, 0.717) is 13.0 Å². The third-order valence-electron chi connectivity index (χ3n) is 5.15. The van der Waals surface area contributed by atoms with Crippen molar-refractivity contribution in [1.82, 2.24) is 4.90 Å². The maximum Gasteiger partial charge on any atom is 0.311 e. The van der Waals surface area contributed by atoms with Crippen molar-refractivity contribution in [1.29, 1.82) is 0 Å². The molecule has 1 unspecified atom stereocenters. The molecule has 2 fully saturated rings. The summed E-state index contributed by atoms with van der Waals surface area (Å²) in [5.74, 6) is -1.35. The van der Waals surface area contributed by atoms with E-state index in [1.165, 1.54) is 12.1 Å². The second-order valence-corrected chi connectivity index (χ2v) is 7.01. The molecule has 1 saturated carbocycles. The molecule has 2 aliphatic rings. The summed E-state index contributed by atoms with van der Waals surface area (Å²) in [6.07, 6.45) is 1.50. The highest BCUT2D eigenvalue weighted by molar-refractivity contribution is 6.32. The average molecular weight is 356 g/mol. The average Bonchev–Trinajstić information content (AvgIpc) is 3.07. The van der Waals surface area contributed by atoms with Crippen LogP contribution in [0.4, 0.5) is 4.39 Å². The minimum absolute atomic E-state index is 0.000518. The van der Waals surface area contributed by atoms with Crippen LogP contribution in [0.5, 0.6) is 5.75 Å². The molecule has 0 radical (unpaired) electrons. The number of carbonyl (C=O) groups excluding carboxylic acids is 1. The molecule has 1 aliphatic carbocycles. The Morgan fingerprint density at radius 2 is 2.25 bits per heavy atom. The van der Waals surface area contributed by atoms with Crippen molar-refractivity contribution in [2.75, 3.05) is 13.1 Å². The largest absolute Gasteiger partial charge is 0.481 e. The summed E-state index contributed by atoms with van der Waals surface area (Å²) in [6.45, 7) is 2.25. The number of fused-ring (bicyclic) bond motifs is 1. The number of benzene rings is 1. The molecular formula is C17H19ClFNO4. The van der Waals surface area contributed by atoms with Gasteiger partial charge in [0.1, 0.15) is 11.6 Å². The number of aliphatic carboxylic acids is 1. The first kappa shape index (κ1) is 17.0. The van der Waals surface area contributed by atoms with E-state index in [2.05, 4.69) is 0 Å². The van der Waals surface area contributed by atoms with Gasteiger partial charge in [0.15, 0.2) is 6.10 Å². The highest BCUT2D eigenvalue weighted by Crippen LogP contribution is 2.49. The molecule has 24 heavy (non-hydrogen) atoms. The number of nitrogens with zero attached hydrogens (tertiary/aromatic N) is 1. The molecule has 1 aromatic carbocycles. The molecule has 1 amide bonds. The lowest BCUT2D eigenvalue weighted by Crippen LogP contribution is -2.42. The number of halogens is 2. The molecular weight excluding hydrogens is 337 g/mol. The standard InChI is InChI=1S/C17H19ClFNO4/c1-10(24-14-5-4-12(19)7-13(14)18)15(21)20-8-11-3-2-6-17(11,9-20)16(22)23/h4-5,7,10-11H,2-3,6,8-9H2,1H3,(H,22,23)/t10?,11-,17+/m0/s1. The Balaban J connectivity index is 1.70. The number of hydrogen-bond donors (Lipinski definition) is 1. The van der Waals surface area contributed by atoms with Crippen LogP contribution in [-0.4, -0.2) is 41.1 Å². The van der Waals surface area contributed by atoms with Crippen LogP contribution in [0.2, 0.25) is 5.02 Å². The first-order chi connectivity index (χ1) is 11.3. The van der Waals surface area contributed by atoms with Crippen LogP contribution >= 0.6 is 11.6 Å². The van der Waals surface area contributed by atoms with E-state index in [4.69, 9.17) is 16.3 Å². The van der Waals surface area contributed by atoms with Crippen molar-refractivity contribution >= 4 is 23.5 Å². The van der Waals surface area contributed by atoms with Crippen molar-refractivity contribution in [3.8, 4) is 5.75 Å². The topological polar surface area (TPSA) is 66.8 Å². The molecule has 1 N–H and O–H groups in total. The molecule has 1 aliphatic heterocycles. The van der Waals surface area contributed by atoms with Gasteiger partial charge in [-0.3, -0.25) is 9.59 Å².